The maximum absolute atomic E-state index is 13.3. The van der Waals surface area contributed by atoms with Crippen molar-refractivity contribution >= 4 is 44.9 Å². The van der Waals surface area contributed by atoms with Crippen molar-refractivity contribution in [1.82, 2.24) is 9.55 Å². The van der Waals surface area contributed by atoms with Crippen LogP contribution in [0.15, 0.2) is 57.8 Å². The van der Waals surface area contributed by atoms with Crippen LogP contribution in [-0.2, 0) is 17.6 Å². The maximum Gasteiger partial charge on any atom is 0.276 e. The topological polar surface area (TPSA) is 64.0 Å². The van der Waals surface area contributed by atoms with Crippen molar-refractivity contribution in [3.05, 3.63) is 80.5 Å². The van der Waals surface area contributed by atoms with Crippen molar-refractivity contribution in [2.75, 3.05) is 11.1 Å². The number of aromatic nitrogens is 2. The third-order valence-corrected chi connectivity index (χ3v) is 7.81. The number of carbonyl (C=O) groups is 1. The van der Waals surface area contributed by atoms with Crippen molar-refractivity contribution in [2.45, 2.75) is 38.3 Å². The molecule has 0 bridgehead atoms. The van der Waals surface area contributed by atoms with Gasteiger partial charge in [0.05, 0.1) is 17.0 Å². The molecule has 0 aliphatic heterocycles. The number of hydrogen-bond acceptors (Lipinski definition) is 5. The van der Waals surface area contributed by atoms with Crippen LogP contribution in [0.4, 0.5) is 5.69 Å². The van der Waals surface area contributed by atoms with Gasteiger partial charge in [-0.15, -0.1) is 11.3 Å². The number of benzene rings is 2. The van der Waals surface area contributed by atoms with Gasteiger partial charge in [-0.3, -0.25) is 14.2 Å². The highest BCUT2D eigenvalue weighted by molar-refractivity contribution is 7.99. The zero-order chi connectivity index (χ0) is 22.2. The fourth-order valence-corrected chi connectivity index (χ4v) is 5.72. The Morgan fingerprint density at radius 3 is 2.88 bits per heavy atom. The minimum absolute atomic E-state index is 0.0970. The van der Waals surface area contributed by atoms with E-state index >= 15 is 0 Å². The van der Waals surface area contributed by atoms with Crippen LogP contribution in [0.5, 0.6) is 0 Å². The third kappa shape index (κ3) is 3.87. The first-order chi connectivity index (χ1) is 15.5. The lowest BCUT2D eigenvalue weighted by atomic mass is 10.1. The molecule has 2 aromatic heterocycles. The second-order valence-corrected chi connectivity index (χ2v) is 9.92. The molecular formula is C25H23N3O2S2. The van der Waals surface area contributed by atoms with Crippen LogP contribution in [0.2, 0.25) is 0 Å². The molecule has 0 spiro atoms. The summed E-state index contributed by atoms with van der Waals surface area (Å²) in [5.41, 5.74) is 7.03. The molecule has 2 aromatic carbocycles. The van der Waals surface area contributed by atoms with Gasteiger partial charge in [-0.2, -0.15) is 0 Å². The Morgan fingerprint density at radius 1 is 1.16 bits per heavy atom. The lowest BCUT2D eigenvalue weighted by Crippen LogP contribution is -2.23. The van der Waals surface area contributed by atoms with Crippen LogP contribution in [0.25, 0.3) is 15.9 Å². The number of anilines is 1. The van der Waals surface area contributed by atoms with E-state index in [1.54, 1.807) is 4.57 Å². The van der Waals surface area contributed by atoms with Crippen LogP contribution in [0, 0.1) is 13.8 Å². The van der Waals surface area contributed by atoms with E-state index in [1.807, 2.05) is 49.6 Å². The van der Waals surface area contributed by atoms with Gasteiger partial charge in [-0.05, 0) is 85.0 Å². The van der Waals surface area contributed by atoms with Gasteiger partial charge in [0.15, 0.2) is 5.16 Å². The lowest BCUT2D eigenvalue weighted by molar-refractivity contribution is -0.113. The highest BCUT2D eigenvalue weighted by Gasteiger charge is 2.18. The molecule has 0 fully saturated rings. The maximum atomic E-state index is 13.3. The predicted octanol–water partition coefficient (Wildman–Crippen LogP) is 5.28. The SMILES string of the molecule is Cc1cccc(-n2c(SCC(=O)Nc3ccc4c(c3)CCC4)nc3ccsc3c2=O)c1C. The third-order valence-electron chi connectivity index (χ3n) is 5.98. The normalized spacial score (nSPS) is 12.8. The minimum Gasteiger partial charge on any atom is -0.325 e. The standard InChI is InChI=1S/C25H23N3O2S2/c1-15-5-3-8-21(16(15)2)28-24(30)23-20(11-12-31-23)27-25(28)32-14-22(29)26-19-10-9-17-6-4-7-18(17)13-19/h3,5,8-13H,4,6-7,14H2,1-2H3,(H,26,29). The second-order valence-electron chi connectivity index (χ2n) is 8.06. The van der Waals surface area contributed by atoms with Crippen molar-refractivity contribution in [3.63, 3.8) is 0 Å². The molecule has 1 N–H and O–H groups in total. The minimum atomic E-state index is -0.111. The summed E-state index contributed by atoms with van der Waals surface area (Å²) < 4.78 is 2.27. The highest BCUT2D eigenvalue weighted by Crippen LogP contribution is 2.27. The first-order valence-corrected chi connectivity index (χ1v) is 12.5. The van der Waals surface area contributed by atoms with E-state index in [9.17, 15) is 9.59 Å². The van der Waals surface area contributed by atoms with Crippen LogP contribution in [0.1, 0.15) is 28.7 Å². The molecule has 0 saturated heterocycles. The van der Waals surface area contributed by atoms with Gasteiger partial charge < -0.3 is 5.32 Å². The molecule has 1 aliphatic rings. The van der Waals surface area contributed by atoms with Crippen molar-refractivity contribution in [2.24, 2.45) is 0 Å². The fourth-order valence-electron chi connectivity index (χ4n) is 4.16. The molecule has 7 heteroatoms. The Hall–Kier alpha value is -2.90. The van der Waals surface area contributed by atoms with E-state index < -0.39 is 0 Å². The monoisotopic (exact) mass is 461 g/mol. The van der Waals surface area contributed by atoms with E-state index in [1.165, 1.54) is 40.6 Å². The molecule has 2 heterocycles. The number of nitrogens with zero attached hydrogens (tertiary/aromatic N) is 2. The smallest absolute Gasteiger partial charge is 0.276 e. The first kappa shape index (κ1) is 21.0. The van der Waals surface area contributed by atoms with E-state index in [0.29, 0.717) is 15.4 Å². The summed E-state index contributed by atoms with van der Waals surface area (Å²) in [5, 5.41) is 5.40. The van der Waals surface area contributed by atoms with Gasteiger partial charge in [0, 0.05) is 5.69 Å². The van der Waals surface area contributed by atoms with Crippen molar-refractivity contribution in [3.8, 4) is 5.69 Å². The van der Waals surface area contributed by atoms with Gasteiger partial charge >= 0.3 is 0 Å². The van der Waals surface area contributed by atoms with E-state index in [-0.39, 0.29) is 17.2 Å². The number of rotatable bonds is 5. The second kappa shape index (κ2) is 8.56. The molecule has 1 aliphatic carbocycles. The summed E-state index contributed by atoms with van der Waals surface area (Å²) in [6.07, 6.45) is 3.36. The van der Waals surface area contributed by atoms with Crippen LogP contribution in [0.3, 0.4) is 0 Å². The molecule has 162 valence electrons. The number of nitrogens with one attached hydrogen (secondary N) is 1. The lowest BCUT2D eigenvalue weighted by Gasteiger charge is -2.15. The fraction of sp³-hybridized carbons (Fsp3) is 0.240. The Labute approximate surface area is 194 Å². The molecule has 4 aromatic rings. The number of thiophene rings is 1. The average molecular weight is 462 g/mol. The molecule has 32 heavy (non-hydrogen) atoms. The summed E-state index contributed by atoms with van der Waals surface area (Å²) in [6, 6.07) is 13.9. The van der Waals surface area contributed by atoms with Crippen LogP contribution < -0.4 is 10.9 Å². The predicted molar refractivity (Wildman–Crippen MR) is 133 cm³/mol. The summed E-state index contributed by atoms with van der Waals surface area (Å²) in [6.45, 7) is 4.03. The zero-order valence-electron chi connectivity index (χ0n) is 18.0. The van der Waals surface area contributed by atoms with Gasteiger partial charge in [0.1, 0.15) is 4.70 Å². The van der Waals surface area contributed by atoms with Crippen LogP contribution in [-0.4, -0.2) is 21.2 Å². The Bertz CT molecular complexity index is 1400. The van der Waals surface area contributed by atoms with Gasteiger partial charge in [-0.1, -0.05) is 30.0 Å². The van der Waals surface area contributed by atoms with Crippen LogP contribution >= 0.6 is 23.1 Å². The molecule has 1 amide bonds. The van der Waals surface area contributed by atoms with Gasteiger partial charge in [-0.25, -0.2) is 4.98 Å². The zero-order valence-corrected chi connectivity index (χ0v) is 19.6. The van der Waals surface area contributed by atoms with Gasteiger partial charge in [0.2, 0.25) is 5.91 Å². The van der Waals surface area contributed by atoms with E-state index in [4.69, 9.17) is 4.98 Å². The Kier molecular flexibility index (Phi) is 5.61. The molecule has 5 nitrogen and oxygen atoms in total. The highest BCUT2D eigenvalue weighted by atomic mass is 32.2. The van der Waals surface area contributed by atoms with Gasteiger partial charge in [0.25, 0.3) is 5.56 Å². The largest absolute Gasteiger partial charge is 0.325 e. The molecule has 0 radical (unpaired) electrons. The summed E-state index contributed by atoms with van der Waals surface area (Å²) in [7, 11) is 0. The van der Waals surface area contributed by atoms with E-state index in [2.05, 4.69) is 17.4 Å². The molecular weight excluding hydrogens is 438 g/mol. The Balaban J connectivity index is 1.44. The summed E-state index contributed by atoms with van der Waals surface area (Å²) in [5.74, 6) is 0.0597. The quantitative estimate of drug-likeness (QED) is 0.324. The first-order valence-electron chi connectivity index (χ1n) is 10.6. The summed E-state index contributed by atoms with van der Waals surface area (Å²) in [4.78, 5) is 30.8. The number of thioether (sulfide) groups is 1. The molecule has 0 atom stereocenters. The number of fused-ring (bicyclic) bond motifs is 2. The number of hydrogen-bond donors (Lipinski definition) is 1. The average Bonchev–Trinajstić information content (AvgIpc) is 3.44. The van der Waals surface area contributed by atoms with Crippen molar-refractivity contribution in [1.29, 1.82) is 0 Å². The molecule has 0 unspecified atom stereocenters. The number of carbonyl (C=O) groups excluding carboxylic acids is 1. The summed E-state index contributed by atoms with van der Waals surface area (Å²) >= 11 is 2.68. The Morgan fingerprint density at radius 2 is 2.00 bits per heavy atom. The molecule has 5 rings (SSSR count). The number of amides is 1. The van der Waals surface area contributed by atoms with Crippen molar-refractivity contribution < 1.29 is 4.79 Å². The molecule has 0 saturated carbocycles. The van der Waals surface area contributed by atoms with E-state index in [0.717, 1.165) is 35.3 Å². The number of aryl methyl sites for hydroxylation is 3.